The minimum Gasteiger partial charge on any atom is -0.505 e. The molecule has 6 N–H and O–H groups in total. The number of aromatic hydroxyl groups is 1. The van der Waals surface area contributed by atoms with E-state index in [1.54, 1.807) is 6.07 Å². The lowest BCUT2D eigenvalue weighted by Gasteiger charge is -2.15. The third kappa shape index (κ3) is 8.88. The van der Waals surface area contributed by atoms with Gasteiger partial charge < -0.3 is 10.4 Å². The van der Waals surface area contributed by atoms with Crippen LogP contribution in [0.2, 0.25) is 0 Å². The molecule has 0 aliphatic heterocycles. The summed E-state index contributed by atoms with van der Waals surface area (Å²) in [6.45, 7) is 0. The molecule has 0 heterocycles. The number of carbonyl (C=O) groups excluding carboxylic acids is 1. The second-order valence-electron chi connectivity index (χ2n) is 11.3. The minimum absolute atomic E-state index is 0.0489. The number of nitrogens with one attached hydrogen (secondary N) is 1. The molecule has 0 aliphatic carbocycles. The number of sulfone groups is 1. The van der Waals surface area contributed by atoms with Crippen molar-refractivity contribution in [1.29, 1.82) is 0 Å². The number of amides is 1. The quantitative estimate of drug-likeness (QED) is 0.0758. The summed E-state index contributed by atoms with van der Waals surface area (Å²) < 4.78 is 161. The van der Waals surface area contributed by atoms with Gasteiger partial charge in [-0.3, -0.25) is 23.0 Å². The van der Waals surface area contributed by atoms with E-state index < -0.39 is 122 Å². The van der Waals surface area contributed by atoms with Gasteiger partial charge in [0, 0.05) is 16.3 Å². The first kappa shape index (κ1) is 40.3. The van der Waals surface area contributed by atoms with Crippen LogP contribution >= 0.6 is 0 Å². The Balaban J connectivity index is 1.69. The summed E-state index contributed by atoms with van der Waals surface area (Å²) >= 11 is 0. The van der Waals surface area contributed by atoms with Gasteiger partial charge in [0.25, 0.3) is 46.4 Å². The maximum absolute atomic E-state index is 13.0. The van der Waals surface area contributed by atoms with Crippen molar-refractivity contribution >= 4 is 94.8 Å². The highest BCUT2D eigenvalue weighted by atomic mass is 32.2. The Kier molecular flexibility index (Phi) is 10.7. The van der Waals surface area contributed by atoms with Crippen molar-refractivity contribution in [3.63, 3.8) is 0 Å². The highest BCUT2D eigenvalue weighted by Crippen LogP contribution is 2.46. The Morgan fingerprint density at radius 3 is 1.89 bits per heavy atom. The molecule has 0 atom stereocenters. The summed E-state index contributed by atoms with van der Waals surface area (Å²) in [5, 5.41) is 19.7. The molecule has 0 spiro atoms. The Morgan fingerprint density at radius 1 is 0.648 bits per heavy atom. The monoisotopic (exact) mass is 843 g/mol. The van der Waals surface area contributed by atoms with E-state index in [1.165, 1.54) is 24.3 Å². The molecule has 54 heavy (non-hydrogen) atoms. The van der Waals surface area contributed by atoms with Gasteiger partial charge in [-0.15, -0.1) is 10.2 Å². The van der Waals surface area contributed by atoms with Crippen molar-refractivity contribution in [3.05, 3.63) is 84.4 Å². The smallest absolute Gasteiger partial charge is 0.297 e. The number of carbonyl (C=O) groups is 1. The van der Waals surface area contributed by atoms with Crippen molar-refractivity contribution in [2.45, 2.75) is 26.0 Å². The maximum atomic E-state index is 13.0. The number of phenolic OH excluding ortho intramolecular Hbond substituents is 1. The van der Waals surface area contributed by atoms with Crippen LogP contribution < -0.4 is 5.32 Å². The topological polar surface area (TPSA) is 326 Å². The Bertz CT molecular complexity index is 2970. The van der Waals surface area contributed by atoms with Crippen LogP contribution in [0.25, 0.3) is 21.5 Å². The molecular weight excluding hydrogens is 819 g/mol. The number of anilines is 1. The molecule has 0 saturated heterocycles. The molecule has 0 unspecified atom stereocenters. The molecule has 1 amide bonds. The summed E-state index contributed by atoms with van der Waals surface area (Å²) in [5.74, 6) is -3.56. The van der Waals surface area contributed by atoms with Crippen LogP contribution in [-0.4, -0.2) is 82.8 Å². The lowest BCUT2D eigenvalue weighted by molar-refractivity contribution is 0.102. The molecule has 0 bridgehead atoms. The van der Waals surface area contributed by atoms with Crippen molar-refractivity contribution in [2.24, 2.45) is 10.2 Å². The average molecular weight is 844 g/mol. The van der Waals surface area contributed by atoms with Crippen LogP contribution in [0.4, 0.5) is 17.1 Å². The van der Waals surface area contributed by atoms with Gasteiger partial charge in [0.05, 0.1) is 27.0 Å². The van der Waals surface area contributed by atoms with E-state index in [0.717, 1.165) is 36.4 Å². The number of hydrogen-bond acceptors (Lipinski definition) is 14. The molecule has 286 valence electrons. The number of hydrogen-bond donors (Lipinski definition) is 6. The molecule has 24 heteroatoms. The molecular formula is C30H25N3O16S5. The minimum atomic E-state index is -5.37. The molecule has 19 nitrogen and oxygen atoms in total. The first-order valence-electron chi connectivity index (χ1n) is 14.7. The zero-order valence-corrected chi connectivity index (χ0v) is 30.9. The fraction of sp³-hybridized carbons (Fsp3) is 0.100. The van der Waals surface area contributed by atoms with Crippen LogP contribution in [0.3, 0.4) is 0 Å². The third-order valence-corrected chi connectivity index (χ3v) is 12.8. The first-order chi connectivity index (χ1) is 24.9. The second-order valence-corrected chi connectivity index (χ2v) is 19.2. The molecule has 0 radical (unpaired) electrons. The predicted molar refractivity (Wildman–Crippen MR) is 191 cm³/mol. The van der Waals surface area contributed by atoms with Crippen LogP contribution in [-0.2, 0) is 50.3 Å². The number of rotatable bonds is 12. The Morgan fingerprint density at radius 2 is 1.30 bits per heavy atom. The molecule has 5 aromatic rings. The van der Waals surface area contributed by atoms with Gasteiger partial charge in [0.1, 0.15) is 21.2 Å². The number of azo groups is 1. The van der Waals surface area contributed by atoms with Crippen LogP contribution in [0.15, 0.2) is 109 Å². The number of phenols is 1. The van der Waals surface area contributed by atoms with E-state index in [0.29, 0.717) is 12.1 Å². The predicted octanol–water partition coefficient (Wildman–Crippen LogP) is 4.16. The molecule has 5 rings (SSSR count). The normalized spacial score (nSPS) is 13.1. The van der Waals surface area contributed by atoms with E-state index in [1.807, 2.05) is 0 Å². The van der Waals surface area contributed by atoms with Crippen molar-refractivity contribution in [1.82, 2.24) is 0 Å². The SMILES string of the molecule is O=C(Nc1cc(S(=O)(=O)O)cc2cc(S(=O)(=O)O)c(N=Nc3ccc4cc(S(=O)(=O)CCCS(=O)(=O)O)ccc4c3S(=O)(=O)O)c(O)c12)c1ccccc1. The van der Waals surface area contributed by atoms with Crippen molar-refractivity contribution in [2.75, 3.05) is 16.8 Å². The molecule has 0 saturated carbocycles. The highest BCUT2D eigenvalue weighted by Gasteiger charge is 2.27. The molecule has 0 fully saturated rings. The summed E-state index contributed by atoms with van der Waals surface area (Å²) in [6, 6.07) is 14.4. The standard InChI is InChI=1S/C30H25N3O16S5/c34-28-26-19(14-21(52(41,42)43)16-24(26)31-30(35)17-5-2-1-3-6-17)15-25(53(44,45)46)27(28)33-32-23-10-7-18-13-20(8-9-22(18)29(23)54(47,48)49)50(36,37)11-4-12-51(38,39)40/h1-3,5-10,13-16,34H,4,11-12H2,(H,31,35)(H,38,39,40)(H,41,42,43)(H,44,45,46)(H,47,48,49). The summed E-state index contributed by atoms with van der Waals surface area (Å²) in [6.07, 6.45) is -0.468. The van der Waals surface area contributed by atoms with E-state index in [2.05, 4.69) is 15.5 Å². The van der Waals surface area contributed by atoms with Gasteiger partial charge in [-0.2, -0.15) is 33.7 Å². The molecule has 0 aromatic heterocycles. The number of nitrogens with zero attached hydrogens (tertiary/aromatic N) is 2. The van der Waals surface area contributed by atoms with Crippen LogP contribution in [0.5, 0.6) is 5.75 Å². The zero-order valence-electron chi connectivity index (χ0n) is 26.8. The zero-order chi connectivity index (χ0) is 40.0. The van der Waals surface area contributed by atoms with Gasteiger partial charge in [-0.1, -0.05) is 30.3 Å². The first-order valence-corrected chi connectivity index (χ1v) is 22.2. The van der Waals surface area contributed by atoms with Gasteiger partial charge in [0.15, 0.2) is 15.6 Å². The van der Waals surface area contributed by atoms with Crippen LogP contribution in [0, 0.1) is 0 Å². The van der Waals surface area contributed by atoms with Gasteiger partial charge >= 0.3 is 0 Å². The van der Waals surface area contributed by atoms with E-state index in [-0.39, 0.29) is 21.2 Å². The van der Waals surface area contributed by atoms with Crippen molar-refractivity contribution < 1.29 is 70.2 Å². The van der Waals surface area contributed by atoms with Gasteiger partial charge in [-0.05, 0) is 65.7 Å². The lowest BCUT2D eigenvalue weighted by atomic mass is 10.1. The summed E-state index contributed by atoms with van der Waals surface area (Å²) in [4.78, 5) is 9.60. The molecule has 5 aromatic carbocycles. The summed E-state index contributed by atoms with van der Waals surface area (Å²) in [7, 11) is -24.3. The van der Waals surface area contributed by atoms with E-state index in [4.69, 9.17) is 4.55 Å². The fourth-order valence-electron chi connectivity index (χ4n) is 5.25. The Labute approximate surface area is 306 Å². The van der Waals surface area contributed by atoms with Crippen LogP contribution in [0.1, 0.15) is 16.8 Å². The van der Waals surface area contributed by atoms with Crippen molar-refractivity contribution in [3.8, 4) is 5.75 Å². The highest BCUT2D eigenvalue weighted by molar-refractivity contribution is 7.91. The van der Waals surface area contributed by atoms with Gasteiger partial charge in [-0.25, -0.2) is 8.42 Å². The lowest BCUT2D eigenvalue weighted by Crippen LogP contribution is -2.13. The fourth-order valence-corrected chi connectivity index (χ4v) is 9.32. The molecule has 0 aliphatic rings. The number of benzene rings is 5. The number of fused-ring (bicyclic) bond motifs is 2. The maximum Gasteiger partial charge on any atom is 0.297 e. The Hall–Kier alpha value is -4.92. The van der Waals surface area contributed by atoms with E-state index in [9.17, 15) is 65.6 Å². The largest absolute Gasteiger partial charge is 0.505 e. The van der Waals surface area contributed by atoms with E-state index >= 15 is 0 Å². The summed E-state index contributed by atoms with van der Waals surface area (Å²) in [5.41, 5.74) is -2.22. The second kappa shape index (κ2) is 14.4. The van der Waals surface area contributed by atoms with Gasteiger partial charge in [0.2, 0.25) is 0 Å². The third-order valence-electron chi connectivity index (χ3n) is 7.59. The average Bonchev–Trinajstić information content (AvgIpc) is 3.05.